The van der Waals surface area contributed by atoms with Crippen LogP contribution in [0.3, 0.4) is 0 Å². The van der Waals surface area contributed by atoms with Gasteiger partial charge in [0.15, 0.2) is 0 Å². The normalized spacial score (nSPS) is 14.0. The number of pyridine rings is 1. The highest BCUT2D eigenvalue weighted by molar-refractivity contribution is 5.20. The molecule has 3 heterocycles. The van der Waals surface area contributed by atoms with Gasteiger partial charge in [0, 0.05) is 44.4 Å². The molecule has 1 aliphatic heterocycles. The standard InChI is InChI=1S/C14H16N4O2/c19-13-3-1-2-6-17(13)7-8-18-14(20)9-11-10-15-5-4-12(11)16-18/h1-3,6,9,15H,4-5,7-8,10H2. The van der Waals surface area contributed by atoms with E-state index < -0.39 is 0 Å². The van der Waals surface area contributed by atoms with Crippen molar-refractivity contribution in [2.24, 2.45) is 0 Å². The van der Waals surface area contributed by atoms with Crippen LogP contribution in [0.4, 0.5) is 0 Å². The van der Waals surface area contributed by atoms with Crippen LogP contribution in [0.2, 0.25) is 0 Å². The smallest absolute Gasteiger partial charge is 0.267 e. The van der Waals surface area contributed by atoms with Gasteiger partial charge in [-0.1, -0.05) is 6.07 Å². The van der Waals surface area contributed by atoms with E-state index in [4.69, 9.17) is 0 Å². The lowest BCUT2D eigenvalue weighted by atomic mass is 10.1. The van der Waals surface area contributed by atoms with Crippen molar-refractivity contribution in [3.05, 3.63) is 62.4 Å². The van der Waals surface area contributed by atoms with Crippen LogP contribution in [0, 0.1) is 0 Å². The van der Waals surface area contributed by atoms with Gasteiger partial charge in [0.1, 0.15) is 0 Å². The molecule has 3 rings (SSSR count). The van der Waals surface area contributed by atoms with Crippen LogP contribution in [-0.2, 0) is 26.1 Å². The molecule has 6 nitrogen and oxygen atoms in total. The molecule has 0 unspecified atom stereocenters. The molecule has 0 saturated carbocycles. The van der Waals surface area contributed by atoms with Crippen molar-refractivity contribution in [1.82, 2.24) is 19.7 Å². The van der Waals surface area contributed by atoms with E-state index in [1.165, 1.54) is 10.7 Å². The lowest BCUT2D eigenvalue weighted by molar-refractivity contribution is 0.483. The fourth-order valence-corrected chi connectivity index (χ4v) is 2.37. The molecule has 6 heteroatoms. The fourth-order valence-electron chi connectivity index (χ4n) is 2.37. The molecule has 20 heavy (non-hydrogen) atoms. The second-order valence-electron chi connectivity index (χ2n) is 4.84. The summed E-state index contributed by atoms with van der Waals surface area (Å²) in [5.74, 6) is 0. The zero-order valence-electron chi connectivity index (χ0n) is 11.1. The summed E-state index contributed by atoms with van der Waals surface area (Å²) in [6, 6.07) is 6.66. The Hall–Kier alpha value is -2.21. The van der Waals surface area contributed by atoms with Gasteiger partial charge in [-0.3, -0.25) is 9.59 Å². The summed E-state index contributed by atoms with van der Waals surface area (Å²) in [4.78, 5) is 23.6. The number of hydrogen-bond acceptors (Lipinski definition) is 4. The number of fused-ring (bicyclic) bond motifs is 1. The van der Waals surface area contributed by atoms with Crippen LogP contribution in [-0.4, -0.2) is 20.9 Å². The van der Waals surface area contributed by atoms with Crippen molar-refractivity contribution in [2.45, 2.75) is 26.1 Å². The predicted molar refractivity (Wildman–Crippen MR) is 74.6 cm³/mol. The third-order valence-corrected chi connectivity index (χ3v) is 3.47. The summed E-state index contributed by atoms with van der Waals surface area (Å²) in [6.07, 6.45) is 2.55. The van der Waals surface area contributed by atoms with Crippen LogP contribution in [0.1, 0.15) is 11.3 Å². The molecule has 1 aliphatic rings. The minimum Gasteiger partial charge on any atom is -0.314 e. The van der Waals surface area contributed by atoms with Gasteiger partial charge in [0.25, 0.3) is 11.1 Å². The lowest BCUT2D eigenvalue weighted by Crippen LogP contribution is -2.33. The van der Waals surface area contributed by atoms with E-state index in [9.17, 15) is 9.59 Å². The highest BCUT2D eigenvalue weighted by Crippen LogP contribution is 2.07. The number of nitrogens with zero attached hydrogens (tertiary/aromatic N) is 3. The Morgan fingerprint density at radius 2 is 2.10 bits per heavy atom. The molecule has 0 aliphatic carbocycles. The van der Waals surface area contributed by atoms with E-state index in [-0.39, 0.29) is 11.1 Å². The monoisotopic (exact) mass is 272 g/mol. The second kappa shape index (κ2) is 5.42. The minimum absolute atomic E-state index is 0.0669. The van der Waals surface area contributed by atoms with E-state index in [0.717, 1.165) is 24.2 Å². The van der Waals surface area contributed by atoms with Gasteiger partial charge >= 0.3 is 0 Å². The third kappa shape index (κ3) is 2.55. The first-order chi connectivity index (χ1) is 9.74. The average molecular weight is 272 g/mol. The van der Waals surface area contributed by atoms with Gasteiger partial charge in [-0.15, -0.1) is 0 Å². The average Bonchev–Trinajstić information content (AvgIpc) is 2.46. The van der Waals surface area contributed by atoms with Crippen molar-refractivity contribution in [3.63, 3.8) is 0 Å². The second-order valence-corrected chi connectivity index (χ2v) is 4.84. The zero-order chi connectivity index (χ0) is 13.9. The van der Waals surface area contributed by atoms with Crippen molar-refractivity contribution in [2.75, 3.05) is 6.54 Å². The predicted octanol–water partition coefficient (Wildman–Crippen LogP) is -0.249. The van der Waals surface area contributed by atoms with Gasteiger partial charge < -0.3 is 9.88 Å². The molecule has 0 spiro atoms. The van der Waals surface area contributed by atoms with Crippen molar-refractivity contribution >= 4 is 0 Å². The topological polar surface area (TPSA) is 68.9 Å². The molecule has 0 radical (unpaired) electrons. The third-order valence-electron chi connectivity index (χ3n) is 3.47. The number of aryl methyl sites for hydroxylation is 2. The highest BCUT2D eigenvalue weighted by atomic mass is 16.1. The van der Waals surface area contributed by atoms with Crippen LogP contribution in [0.5, 0.6) is 0 Å². The molecule has 0 atom stereocenters. The molecule has 0 fully saturated rings. The van der Waals surface area contributed by atoms with Gasteiger partial charge in [-0.2, -0.15) is 5.10 Å². The molecular formula is C14H16N4O2. The molecule has 1 N–H and O–H groups in total. The number of hydrogen-bond donors (Lipinski definition) is 1. The van der Waals surface area contributed by atoms with Gasteiger partial charge in [0.2, 0.25) is 0 Å². The minimum atomic E-state index is -0.114. The quantitative estimate of drug-likeness (QED) is 0.836. The summed E-state index contributed by atoms with van der Waals surface area (Å²) in [5.41, 5.74) is 1.78. The van der Waals surface area contributed by atoms with Crippen LogP contribution in [0.15, 0.2) is 40.1 Å². The first-order valence-corrected chi connectivity index (χ1v) is 6.70. The van der Waals surface area contributed by atoms with Crippen molar-refractivity contribution < 1.29 is 0 Å². The molecule has 2 aromatic heterocycles. The largest absolute Gasteiger partial charge is 0.314 e. The number of aromatic nitrogens is 3. The fraction of sp³-hybridized carbons (Fsp3) is 0.357. The molecule has 0 saturated heterocycles. The molecule has 0 bridgehead atoms. The van der Waals surface area contributed by atoms with Gasteiger partial charge in [0.05, 0.1) is 12.2 Å². The summed E-state index contributed by atoms with van der Waals surface area (Å²) < 4.78 is 3.03. The molecule has 0 amide bonds. The van der Waals surface area contributed by atoms with Gasteiger partial charge in [-0.25, -0.2) is 4.68 Å². The Morgan fingerprint density at radius 3 is 2.95 bits per heavy atom. The van der Waals surface area contributed by atoms with Crippen LogP contribution in [0.25, 0.3) is 0 Å². The summed E-state index contributed by atoms with van der Waals surface area (Å²) in [5, 5.41) is 7.63. The maximum absolute atomic E-state index is 12.0. The van der Waals surface area contributed by atoms with Crippen LogP contribution < -0.4 is 16.4 Å². The van der Waals surface area contributed by atoms with E-state index in [1.54, 1.807) is 29.0 Å². The van der Waals surface area contributed by atoms with E-state index >= 15 is 0 Å². The number of rotatable bonds is 3. The summed E-state index contributed by atoms with van der Waals surface area (Å²) in [7, 11) is 0. The van der Waals surface area contributed by atoms with Crippen molar-refractivity contribution in [1.29, 1.82) is 0 Å². The Bertz CT molecular complexity index is 732. The molecule has 2 aromatic rings. The first kappa shape index (κ1) is 12.8. The van der Waals surface area contributed by atoms with E-state index in [2.05, 4.69) is 10.4 Å². The SMILES string of the molecule is O=c1ccccn1CCn1nc2c(cc1=O)CNCC2. The van der Waals surface area contributed by atoms with E-state index in [0.29, 0.717) is 19.6 Å². The van der Waals surface area contributed by atoms with Crippen LogP contribution >= 0.6 is 0 Å². The van der Waals surface area contributed by atoms with Gasteiger partial charge in [-0.05, 0) is 11.6 Å². The molecule has 104 valence electrons. The maximum atomic E-state index is 12.0. The first-order valence-electron chi connectivity index (χ1n) is 6.70. The van der Waals surface area contributed by atoms with Crippen molar-refractivity contribution in [3.8, 4) is 0 Å². The zero-order valence-corrected chi connectivity index (χ0v) is 11.1. The highest BCUT2D eigenvalue weighted by Gasteiger charge is 2.12. The Morgan fingerprint density at radius 1 is 1.20 bits per heavy atom. The Kier molecular flexibility index (Phi) is 3.47. The molecule has 0 aromatic carbocycles. The Balaban J connectivity index is 1.83. The maximum Gasteiger partial charge on any atom is 0.267 e. The molecular weight excluding hydrogens is 256 g/mol. The summed E-state index contributed by atoms with van der Waals surface area (Å²) >= 11 is 0. The lowest BCUT2D eigenvalue weighted by Gasteiger charge is -2.17. The summed E-state index contributed by atoms with van der Waals surface area (Å²) in [6.45, 7) is 2.44. The van der Waals surface area contributed by atoms with E-state index in [1.807, 2.05) is 0 Å². The Labute approximate surface area is 115 Å². The number of nitrogens with one attached hydrogen (secondary N) is 1.